The molecule has 0 atom stereocenters. The van der Waals surface area contributed by atoms with Crippen molar-refractivity contribution in [3.63, 3.8) is 0 Å². The predicted octanol–water partition coefficient (Wildman–Crippen LogP) is 1.36. The molecule has 0 aliphatic rings. The summed E-state index contributed by atoms with van der Waals surface area (Å²) >= 11 is 5.63. The molecule has 0 aliphatic carbocycles. The fourth-order valence-corrected chi connectivity index (χ4v) is 2.64. The summed E-state index contributed by atoms with van der Waals surface area (Å²) < 4.78 is 35.7. The minimum absolute atomic E-state index is 0.0132. The van der Waals surface area contributed by atoms with Crippen LogP contribution in [0.5, 0.6) is 0 Å². The maximum atomic E-state index is 13.4. The van der Waals surface area contributed by atoms with Gasteiger partial charge in [0.2, 0.25) is 0 Å². The van der Waals surface area contributed by atoms with E-state index in [9.17, 15) is 12.8 Å². The molecule has 1 rings (SSSR count). The van der Waals surface area contributed by atoms with Crippen LogP contribution < -0.4 is 5.48 Å². The number of hydrogen-bond acceptors (Lipinski definition) is 4. The van der Waals surface area contributed by atoms with Crippen molar-refractivity contribution in [2.75, 3.05) is 6.26 Å². The zero-order valence-electron chi connectivity index (χ0n) is 7.79. The topological polar surface area (TPSA) is 66.4 Å². The van der Waals surface area contributed by atoms with Crippen LogP contribution in [0.3, 0.4) is 0 Å². The minimum atomic E-state index is -3.69. The summed E-state index contributed by atoms with van der Waals surface area (Å²) in [5.41, 5.74) is 2.18. The van der Waals surface area contributed by atoms with Gasteiger partial charge in [-0.05, 0) is 17.7 Å². The number of sulfone groups is 1. The highest BCUT2D eigenvalue weighted by Gasteiger charge is 2.18. The van der Waals surface area contributed by atoms with Crippen molar-refractivity contribution in [2.24, 2.45) is 0 Å². The first kappa shape index (κ1) is 12.4. The lowest BCUT2D eigenvalue weighted by Crippen LogP contribution is -2.08. The standard InChI is InChI=1S/C8H9ClFNO3S/c1-15(13,14)8-6(9)2-5(4-11-12)3-7(8)10/h2-3,11-12H,4H2,1H3. The van der Waals surface area contributed by atoms with Gasteiger partial charge in [-0.25, -0.2) is 18.3 Å². The highest BCUT2D eigenvalue weighted by molar-refractivity contribution is 7.90. The number of benzene rings is 1. The Kier molecular flexibility index (Phi) is 3.67. The predicted molar refractivity (Wildman–Crippen MR) is 53.1 cm³/mol. The van der Waals surface area contributed by atoms with Gasteiger partial charge in [-0.2, -0.15) is 0 Å². The zero-order valence-corrected chi connectivity index (χ0v) is 9.36. The van der Waals surface area contributed by atoms with Crippen LogP contribution in [0, 0.1) is 5.82 Å². The van der Waals surface area contributed by atoms with Gasteiger partial charge < -0.3 is 5.21 Å². The van der Waals surface area contributed by atoms with Gasteiger partial charge in [-0.15, -0.1) is 0 Å². The molecule has 0 saturated heterocycles. The molecule has 1 aromatic rings. The van der Waals surface area contributed by atoms with Crippen molar-refractivity contribution >= 4 is 21.4 Å². The van der Waals surface area contributed by atoms with Crippen molar-refractivity contribution < 1.29 is 18.0 Å². The van der Waals surface area contributed by atoms with Crippen LogP contribution in [0.1, 0.15) is 5.56 Å². The van der Waals surface area contributed by atoms with Crippen molar-refractivity contribution in [1.29, 1.82) is 0 Å². The second kappa shape index (κ2) is 4.44. The Morgan fingerprint density at radius 3 is 2.53 bits per heavy atom. The Balaban J connectivity index is 3.34. The van der Waals surface area contributed by atoms with Gasteiger partial charge in [0.25, 0.3) is 0 Å². The lowest BCUT2D eigenvalue weighted by molar-refractivity contribution is 0.161. The van der Waals surface area contributed by atoms with E-state index < -0.39 is 20.5 Å². The van der Waals surface area contributed by atoms with Gasteiger partial charge in [-0.1, -0.05) is 11.6 Å². The van der Waals surface area contributed by atoms with E-state index in [1.165, 1.54) is 6.07 Å². The van der Waals surface area contributed by atoms with Gasteiger partial charge in [0, 0.05) is 12.8 Å². The third-order valence-corrected chi connectivity index (χ3v) is 3.28. The van der Waals surface area contributed by atoms with Crippen LogP contribution in [0.15, 0.2) is 17.0 Å². The van der Waals surface area contributed by atoms with Crippen LogP contribution in [-0.4, -0.2) is 19.9 Å². The first-order chi connectivity index (χ1) is 6.86. The molecule has 0 spiro atoms. The summed E-state index contributed by atoms with van der Waals surface area (Å²) in [6.07, 6.45) is 0.876. The average Bonchev–Trinajstić information content (AvgIpc) is 1.99. The van der Waals surface area contributed by atoms with E-state index in [0.29, 0.717) is 5.56 Å². The van der Waals surface area contributed by atoms with E-state index >= 15 is 0 Å². The van der Waals surface area contributed by atoms with Crippen molar-refractivity contribution in [3.05, 3.63) is 28.5 Å². The number of rotatable bonds is 3. The van der Waals surface area contributed by atoms with Crippen LogP contribution in [0.25, 0.3) is 0 Å². The molecular formula is C8H9ClFNO3S. The first-order valence-electron chi connectivity index (χ1n) is 3.91. The van der Waals surface area contributed by atoms with Crippen LogP contribution in [0.4, 0.5) is 4.39 Å². The smallest absolute Gasteiger partial charge is 0.179 e. The van der Waals surface area contributed by atoms with Gasteiger partial charge in [0.15, 0.2) is 9.84 Å². The first-order valence-corrected chi connectivity index (χ1v) is 6.18. The molecule has 0 aliphatic heterocycles. The Labute approximate surface area is 91.6 Å². The molecule has 0 heterocycles. The van der Waals surface area contributed by atoms with E-state index in [0.717, 1.165) is 12.3 Å². The Morgan fingerprint density at radius 1 is 1.53 bits per heavy atom. The summed E-state index contributed by atoms with van der Waals surface area (Å²) in [5.74, 6) is -0.921. The van der Waals surface area contributed by atoms with Gasteiger partial charge in [-0.3, -0.25) is 0 Å². The molecule has 0 amide bonds. The molecule has 2 N–H and O–H groups in total. The highest BCUT2D eigenvalue weighted by atomic mass is 35.5. The maximum absolute atomic E-state index is 13.4. The Bertz CT molecular complexity index is 452. The molecule has 1 aromatic carbocycles. The third kappa shape index (κ3) is 2.88. The summed E-state index contributed by atoms with van der Waals surface area (Å²) in [5, 5.41) is 8.20. The fraction of sp³-hybridized carbons (Fsp3) is 0.250. The van der Waals surface area contributed by atoms with E-state index in [4.69, 9.17) is 16.8 Å². The fourth-order valence-electron chi connectivity index (χ4n) is 1.16. The van der Waals surface area contributed by atoms with Gasteiger partial charge in [0.1, 0.15) is 10.7 Å². The second-order valence-corrected chi connectivity index (χ2v) is 5.36. The van der Waals surface area contributed by atoms with Crippen LogP contribution in [0.2, 0.25) is 5.02 Å². The molecule has 15 heavy (non-hydrogen) atoms. The summed E-state index contributed by atoms with van der Waals surface area (Å²) in [4.78, 5) is -0.522. The van der Waals surface area contributed by atoms with Gasteiger partial charge >= 0.3 is 0 Å². The molecule has 0 radical (unpaired) electrons. The zero-order chi connectivity index (χ0) is 11.6. The molecule has 84 valence electrons. The number of nitrogens with one attached hydrogen (secondary N) is 1. The lowest BCUT2D eigenvalue weighted by Gasteiger charge is -2.06. The molecular weight excluding hydrogens is 245 g/mol. The van der Waals surface area contributed by atoms with E-state index in [1.54, 1.807) is 0 Å². The van der Waals surface area contributed by atoms with Crippen molar-refractivity contribution in [3.8, 4) is 0 Å². The quantitative estimate of drug-likeness (QED) is 0.799. The number of hydroxylamine groups is 1. The molecule has 7 heteroatoms. The van der Waals surface area contributed by atoms with E-state index in [2.05, 4.69) is 0 Å². The average molecular weight is 254 g/mol. The lowest BCUT2D eigenvalue weighted by atomic mass is 10.2. The summed E-state index contributed by atoms with van der Waals surface area (Å²) in [6.45, 7) is -0.0132. The largest absolute Gasteiger partial charge is 0.316 e. The van der Waals surface area contributed by atoms with Crippen molar-refractivity contribution in [1.82, 2.24) is 5.48 Å². The molecule has 0 aromatic heterocycles. The van der Waals surface area contributed by atoms with E-state index in [1.807, 2.05) is 5.48 Å². The molecule has 0 fully saturated rings. The molecule has 4 nitrogen and oxygen atoms in total. The number of hydrogen-bond donors (Lipinski definition) is 2. The summed E-state index contributed by atoms with van der Waals surface area (Å²) in [7, 11) is -3.69. The SMILES string of the molecule is CS(=O)(=O)c1c(F)cc(CNO)cc1Cl. The molecule has 0 bridgehead atoms. The van der Waals surface area contributed by atoms with E-state index in [-0.39, 0.29) is 11.6 Å². The van der Waals surface area contributed by atoms with Crippen LogP contribution in [-0.2, 0) is 16.4 Å². The second-order valence-electron chi connectivity index (χ2n) is 3.00. The molecule has 0 unspecified atom stereocenters. The van der Waals surface area contributed by atoms with Gasteiger partial charge in [0.05, 0.1) is 5.02 Å². The third-order valence-electron chi connectivity index (χ3n) is 1.71. The van der Waals surface area contributed by atoms with Crippen molar-refractivity contribution in [2.45, 2.75) is 11.4 Å². The highest BCUT2D eigenvalue weighted by Crippen LogP contribution is 2.26. The maximum Gasteiger partial charge on any atom is 0.179 e. The minimum Gasteiger partial charge on any atom is -0.316 e. The Hall–Kier alpha value is -0.690. The van der Waals surface area contributed by atoms with Crippen LogP contribution >= 0.6 is 11.6 Å². The number of halogens is 2. The summed E-state index contributed by atoms with van der Waals surface area (Å²) in [6, 6.07) is 2.29. The Morgan fingerprint density at radius 2 is 2.13 bits per heavy atom. The monoisotopic (exact) mass is 253 g/mol. The normalized spacial score (nSPS) is 11.7. The molecule has 0 saturated carbocycles.